The second kappa shape index (κ2) is 14.2. The molecule has 222 valence electrons. The molecule has 1 saturated heterocycles. The minimum Gasteiger partial charge on any atom is -0.444 e. The molecule has 10 nitrogen and oxygen atoms in total. The number of nitrogens with one attached hydrogen (secondary N) is 2. The maximum absolute atomic E-state index is 13.8. The average Bonchev–Trinajstić information content (AvgIpc) is 3.41. The van der Waals surface area contributed by atoms with Crippen LogP contribution < -0.4 is 16.4 Å². The lowest BCUT2D eigenvalue weighted by atomic mass is 9.87. The summed E-state index contributed by atoms with van der Waals surface area (Å²) in [6.07, 6.45) is 3.95. The highest BCUT2D eigenvalue weighted by molar-refractivity contribution is 7.99. The fraction of sp³-hybridized carbons (Fsp3) is 0.655. The van der Waals surface area contributed by atoms with Gasteiger partial charge in [0.2, 0.25) is 17.7 Å². The number of hydrogen-bond donors (Lipinski definition) is 3. The molecule has 0 radical (unpaired) electrons. The Morgan fingerprint density at radius 2 is 1.93 bits per heavy atom. The van der Waals surface area contributed by atoms with Gasteiger partial charge < -0.3 is 26.0 Å². The topological polar surface area (TPSA) is 134 Å². The summed E-state index contributed by atoms with van der Waals surface area (Å²) in [5.74, 6) is -0.0787. The Labute approximate surface area is 242 Å². The first-order valence-corrected chi connectivity index (χ1v) is 15.3. The zero-order valence-corrected chi connectivity index (χ0v) is 25.2. The predicted molar refractivity (Wildman–Crippen MR) is 157 cm³/mol. The van der Waals surface area contributed by atoms with E-state index in [1.807, 2.05) is 12.1 Å². The highest BCUT2D eigenvalue weighted by Gasteiger charge is 2.39. The number of amides is 4. The highest BCUT2D eigenvalue weighted by atomic mass is 32.2. The van der Waals surface area contributed by atoms with Crippen molar-refractivity contribution in [2.75, 3.05) is 25.2 Å². The van der Waals surface area contributed by atoms with Crippen molar-refractivity contribution in [3.63, 3.8) is 0 Å². The summed E-state index contributed by atoms with van der Waals surface area (Å²) in [5.41, 5.74) is 7.36. The maximum Gasteiger partial charge on any atom is 0.410 e. The zero-order chi connectivity index (χ0) is 29.4. The van der Waals surface area contributed by atoms with Gasteiger partial charge in [-0.1, -0.05) is 24.3 Å². The number of rotatable bonds is 10. The molecule has 1 aromatic carbocycles. The van der Waals surface area contributed by atoms with Crippen molar-refractivity contribution in [3.8, 4) is 0 Å². The SMILES string of the molecule is C[C@@H](C(=O)N[C@@H](CCCCN)C(=O)N1CSC[C@H]1C(=O)N[C@@H]1CCCc2ccccc21)N(C)C(=O)OC(C)(C)C. The number of carbonyl (C=O) groups is 4. The number of nitrogens with two attached hydrogens (primary N) is 1. The van der Waals surface area contributed by atoms with Crippen LogP contribution in [0.25, 0.3) is 0 Å². The van der Waals surface area contributed by atoms with Crippen molar-refractivity contribution >= 4 is 35.6 Å². The number of carbonyl (C=O) groups excluding carboxylic acids is 4. The summed E-state index contributed by atoms with van der Waals surface area (Å²) in [7, 11) is 1.49. The number of aryl methyl sites for hydroxylation is 1. The van der Waals surface area contributed by atoms with Crippen LogP contribution in [0.3, 0.4) is 0 Å². The number of benzene rings is 1. The van der Waals surface area contributed by atoms with Gasteiger partial charge in [0.15, 0.2) is 0 Å². The summed E-state index contributed by atoms with van der Waals surface area (Å²) in [5, 5.41) is 6.03. The summed E-state index contributed by atoms with van der Waals surface area (Å²) in [4.78, 5) is 55.7. The van der Waals surface area contributed by atoms with Gasteiger partial charge in [0, 0.05) is 12.8 Å². The van der Waals surface area contributed by atoms with Crippen molar-refractivity contribution in [2.24, 2.45) is 5.73 Å². The minimum atomic E-state index is -0.863. The third-order valence-corrected chi connectivity index (χ3v) is 8.37. The van der Waals surface area contributed by atoms with Gasteiger partial charge in [-0.3, -0.25) is 19.3 Å². The molecule has 2 aliphatic rings. The van der Waals surface area contributed by atoms with E-state index in [0.29, 0.717) is 37.4 Å². The number of ether oxygens (including phenoxy) is 1. The highest BCUT2D eigenvalue weighted by Crippen LogP contribution is 2.30. The molecular weight excluding hydrogens is 530 g/mol. The molecule has 1 fully saturated rings. The standard InChI is InChI=1S/C29H45N5O5S/c1-19(33(5)28(38)39-29(2,3)4)25(35)32-23(14-8-9-16-30)27(37)34-18-40-17-24(34)26(36)31-22-15-10-12-20-11-6-7-13-21(20)22/h6-7,11,13,19,22-24H,8-10,12,14-18,30H2,1-5H3,(H,31,36)(H,32,35)/t19-,22+,23-,24-/m0/s1. The number of likely N-dealkylation sites (N-methyl/N-ethyl adjacent to an activating group) is 1. The van der Waals surface area contributed by atoms with Crippen molar-refractivity contribution in [1.29, 1.82) is 0 Å². The van der Waals surface area contributed by atoms with Gasteiger partial charge in [-0.2, -0.15) is 0 Å². The molecule has 40 heavy (non-hydrogen) atoms. The number of thioether (sulfide) groups is 1. The molecular formula is C29H45N5O5S. The lowest BCUT2D eigenvalue weighted by Gasteiger charge is -2.32. The van der Waals surface area contributed by atoms with E-state index >= 15 is 0 Å². The van der Waals surface area contributed by atoms with E-state index < -0.39 is 35.7 Å². The molecule has 4 amide bonds. The Morgan fingerprint density at radius 3 is 2.62 bits per heavy atom. The molecule has 11 heteroatoms. The Balaban J connectivity index is 1.69. The average molecular weight is 576 g/mol. The van der Waals surface area contributed by atoms with Gasteiger partial charge in [0.25, 0.3) is 0 Å². The van der Waals surface area contributed by atoms with Crippen molar-refractivity contribution in [3.05, 3.63) is 35.4 Å². The van der Waals surface area contributed by atoms with Gasteiger partial charge in [-0.25, -0.2) is 4.79 Å². The van der Waals surface area contributed by atoms with Crippen molar-refractivity contribution in [1.82, 2.24) is 20.4 Å². The molecule has 0 aromatic heterocycles. The van der Waals surface area contributed by atoms with E-state index in [-0.39, 0.29) is 17.9 Å². The van der Waals surface area contributed by atoms with Crippen molar-refractivity contribution in [2.45, 2.75) is 96.0 Å². The van der Waals surface area contributed by atoms with E-state index in [4.69, 9.17) is 10.5 Å². The molecule has 4 N–H and O–H groups in total. The summed E-state index contributed by atoms with van der Waals surface area (Å²) < 4.78 is 5.38. The van der Waals surface area contributed by atoms with Gasteiger partial charge in [-0.15, -0.1) is 11.8 Å². The fourth-order valence-electron chi connectivity index (χ4n) is 4.96. The van der Waals surface area contributed by atoms with E-state index in [2.05, 4.69) is 22.8 Å². The minimum absolute atomic E-state index is 0.0794. The smallest absolute Gasteiger partial charge is 0.410 e. The molecule has 1 aromatic rings. The van der Waals surface area contributed by atoms with Gasteiger partial charge in [0.05, 0.1) is 11.9 Å². The van der Waals surface area contributed by atoms with Crippen LogP contribution in [0.5, 0.6) is 0 Å². The number of fused-ring (bicyclic) bond motifs is 1. The van der Waals surface area contributed by atoms with Crippen LogP contribution in [0, 0.1) is 0 Å². The Hall–Kier alpha value is -2.79. The van der Waals surface area contributed by atoms with E-state index in [1.165, 1.54) is 29.3 Å². The molecule has 0 saturated carbocycles. The van der Waals surface area contributed by atoms with E-state index in [9.17, 15) is 19.2 Å². The lowest BCUT2D eigenvalue weighted by molar-refractivity contribution is -0.142. The van der Waals surface area contributed by atoms with Crippen LogP contribution in [-0.4, -0.2) is 82.6 Å². The Bertz CT molecular complexity index is 1060. The monoisotopic (exact) mass is 575 g/mol. The molecule has 0 unspecified atom stereocenters. The number of hydrogen-bond acceptors (Lipinski definition) is 7. The van der Waals surface area contributed by atoms with Gasteiger partial charge >= 0.3 is 6.09 Å². The molecule has 3 rings (SSSR count). The summed E-state index contributed by atoms with van der Waals surface area (Å²) >= 11 is 1.52. The van der Waals surface area contributed by atoms with Crippen LogP contribution in [0.1, 0.15) is 77.0 Å². The van der Waals surface area contributed by atoms with E-state index in [1.54, 1.807) is 32.6 Å². The number of nitrogens with zero attached hydrogens (tertiary/aromatic N) is 2. The van der Waals surface area contributed by atoms with Crippen LogP contribution in [0.2, 0.25) is 0 Å². The van der Waals surface area contributed by atoms with Crippen LogP contribution in [0.15, 0.2) is 24.3 Å². The first-order chi connectivity index (χ1) is 18.9. The second-order valence-corrected chi connectivity index (χ2v) is 12.6. The zero-order valence-electron chi connectivity index (χ0n) is 24.4. The molecule has 0 bridgehead atoms. The molecule has 0 spiro atoms. The molecule has 1 aliphatic carbocycles. The van der Waals surface area contributed by atoms with Crippen molar-refractivity contribution < 1.29 is 23.9 Å². The van der Waals surface area contributed by atoms with Crippen LogP contribution >= 0.6 is 11.8 Å². The molecule has 1 heterocycles. The molecule has 1 aliphatic heterocycles. The summed E-state index contributed by atoms with van der Waals surface area (Å²) in [6, 6.07) is 5.76. The normalized spacial score (nSPS) is 20.2. The quantitative estimate of drug-likeness (QED) is 0.365. The summed E-state index contributed by atoms with van der Waals surface area (Å²) in [6.45, 7) is 7.32. The van der Waals surface area contributed by atoms with Crippen LogP contribution in [-0.2, 0) is 25.5 Å². The lowest BCUT2D eigenvalue weighted by Crippen LogP contribution is -2.57. The third kappa shape index (κ3) is 8.36. The molecule has 4 atom stereocenters. The van der Waals surface area contributed by atoms with Gasteiger partial charge in [-0.05, 0) is 83.9 Å². The Morgan fingerprint density at radius 1 is 1.20 bits per heavy atom. The van der Waals surface area contributed by atoms with Gasteiger partial charge in [0.1, 0.15) is 23.7 Å². The van der Waals surface area contributed by atoms with Crippen LogP contribution in [0.4, 0.5) is 4.79 Å². The maximum atomic E-state index is 13.8. The fourth-order valence-corrected chi connectivity index (χ4v) is 6.12. The second-order valence-electron chi connectivity index (χ2n) is 11.6. The van der Waals surface area contributed by atoms with E-state index in [0.717, 1.165) is 24.8 Å². The first-order valence-electron chi connectivity index (χ1n) is 14.2. The number of unbranched alkanes of at least 4 members (excludes halogenated alkanes) is 1. The predicted octanol–water partition coefficient (Wildman–Crippen LogP) is 2.95. The Kier molecular flexibility index (Phi) is 11.3. The first kappa shape index (κ1) is 31.7. The largest absolute Gasteiger partial charge is 0.444 e. The third-order valence-electron chi connectivity index (χ3n) is 7.36.